The highest BCUT2D eigenvalue weighted by Gasteiger charge is 2.45. The van der Waals surface area contributed by atoms with E-state index < -0.39 is 11.6 Å². The topological polar surface area (TPSA) is 101 Å². The highest BCUT2D eigenvalue weighted by Crippen LogP contribution is 2.52. The first-order valence-electron chi connectivity index (χ1n) is 13.8. The van der Waals surface area contributed by atoms with Crippen LogP contribution in [0.2, 0.25) is 5.02 Å². The Hall–Kier alpha value is -3.46. The van der Waals surface area contributed by atoms with Crippen LogP contribution in [0.5, 0.6) is 11.8 Å². The summed E-state index contributed by atoms with van der Waals surface area (Å²) in [6.07, 6.45) is 5.27. The predicted molar refractivity (Wildman–Crippen MR) is 154 cm³/mol. The lowest BCUT2D eigenvalue weighted by molar-refractivity contribution is 0.108. The van der Waals surface area contributed by atoms with Gasteiger partial charge in [-0.1, -0.05) is 17.7 Å². The molecule has 0 saturated carbocycles. The van der Waals surface area contributed by atoms with Crippen LogP contribution in [0, 0.1) is 23.0 Å². The summed E-state index contributed by atoms with van der Waals surface area (Å²) in [6.45, 7) is 3.65. The smallest absolute Gasteiger partial charge is 0.319 e. The number of aromatic nitrogens is 2. The van der Waals surface area contributed by atoms with Gasteiger partial charge in [-0.15, -0.1) is 11.3 Å². The number of nitrogen functional groups attached to an aromatic ring is 1. The number of fused-ring (bicyclic) bond motifs is 4. The Kier molecular flexibility index (Phi) is 5.56. The van der Waals surface area contributed by atoms with Crippen LogP contribution in [-0.4, -0.2) is 59.3 Å². The highest BCUT2D eigenvalue weighted by molar-refractivity contribution is 7.23. The molecule has 0 spiro atoms. The molecule has 0 radical (unpaired) electrons. The Labute approximate surface area is 243 Å². The van der Waals surface area contributed by atoms with Crippen LogP contribution in [-0.2, 0) is 0 Å². The van der Waals surface area contributed by atoms with Gasteiger partial charge in [0.25, 0.3) is 0 Å². The fraction of sp³-hybridized carbons (Fsp3) is 0.414. The van der Waals surface area contributed by atoms with Crippen molar-refractivity contribution in [1.29, 1.82) is 5.26 Å². The molecule has 4 aliphatic rings. The van der Waals surface area contributed by atoms with Crippen LogP contribution in [0.15, 0.2) is 12.1 Å². The van der Waals surface area contributed by atoms with Crippen LogP contribution in [0.4, 0.5) is 19.6 Å². The van der Waals surface area contributed by atoms with Crippen LogP contribution in [0.3, 0.4) is 0 Å². The molecule has 2 aromatic carbocycles. The maximum absolute atomic E-state index is 16.8. The molecule has 1 unspecified atom stereocenters. The first kappa shape index (κ1) is 25.3. The molecule has 1 atom stereocenters. The molecule has 0 amide bonds. The van der Waals surface area contributed by atoms with E-state index >= 15 is 4.39 Å². The Balaban J connectivity index is 1.35. The molecule has 4 aliphatic heterocycles. The molecule has 41 heavy (non-hydrogen) atoms. The van der Waals surface area contributed by atoms with Gasteiger partial charge in [-0.05, 0) is 56.8 Å². The van der Waals surface area contributed by atoms with Gasteiger partial charge in [0.1, 0.15) is 41.4 Å². The van der Waals surface area contributed by atoms with E-state index in [2.05, 4.69) is 14.8 Å². The molecular weight excluding hydrogens is 570 g/mol. The Morgan fingerprint density at radius 1 is 1.20 bits per heavy atom. The van der Waals surface area contributed by atoms with Crippen molar-refractivity contribution in [3.05, 3.63) is 34.4 Å². The van der Waals surface area contributed by atoms with Crippen molar-refractivity contribution in [1.82, 2.24) is 14.9 Å². The van der Waals surface area contributed by atoms with Gasteiger partial charge in [0.05, 0.1) is 32.3 Å². The fourth-order valence-corrected chi connectivity index (χ4v) is 8.40. The van der Waals surface area contributed by atoms with Gasteiger partial charge in [0.15, 0.2) is 11.6 Å². The highest BCUT2D eigenvalue weighted by atomic mass is 35.5. The molecule has 8 nitrogen and oxygen atoms in total. The van der Waals surface area contributed by atoms with Gasteiger partial charge >= 0.3 is 6.01 Å². The van der Waals surface area contributed by atoms with E-state index in [1.54, 1.807) is 0 Å². The Bertz CT molecular complexity index is 1810. The largest absolute Gasteiger partial charge is 0.489 e. The molecule has 6 heterocycles. The molecule has 8 rings (SSSR count). The summed E-state index contributed by atoms with van der Waals surface area (Å²) in [4.78, 5) is 13.9. The number of nitrogens with two attached hydrogens (primary N) is 1. The molecule has 0 bridgehead atoms. The number of hydrogen-bond acceptors (Lipinski definition) is 9. The van der Waals surface area contributed by atoms with Crippen molar-refractivity contribution < 1.29 is 18.3 Å². The summed E-state index contributed by atoms with van der Waals surface area (Å²) in [7, 11) is 0. The van der Waals surface area contributed by atoms with Gasteiger partial charge in [-0.25, -0.2) is 8.78 Å². The first-order valence-corrected chi connectivity index (χ1v) is 15.0. The number of anilines is 2. The number of nitriles is 1. The van der Waals surface area contributed by atoms with Gasteiger partial charge in [0, 0.05) is 17.5 Å². The maximum Gasteiger partial charge on any atom is 0.319 e. The molecular formula is C29H25ClF2N6O2S. The number of hydrogen-bond donors (Lipinski definition) is 1. The third kappa shape index (κ3) is 3.50. The van der Waals surface area contributed by atoms with E-state index in [4.69, 9.17) is 31.8 Å². The minimum Gasteiger partial charge on any atom is -0.489 e. The third-order valence-corrected chi connectivity index (χ3v) is 10.6. The van der Waals surface area contributed by atoms with Crippen molar-refractivity contribution >= 4 is 54.7 Å². The SMILES string of the molecule is N#Cc1c(N)sc2c(F)ccc(-c3c(Cl)c4c5c(nc(OCC67CCCN6CCC7)nc5c3F)N3CCC3CO4)c12. The lowest BCUT2D eigenvalue weighted by Crippen LogP contribution is -2.50. The summed E-state index contributed by atoms with van der Waals surface area (Å²) in [5.74, 6) is -0.460. The van der Waals surface area contributed by atoms with Crippen molar-refractivity contribution in [3.8, 4) is 29.0 Å². The number of halogens is 3. The normalized spacial score (nSPS) is 20.8. The third-order valence-electron chi connectivity index (χ3n) is 9.26. The molecule has 2 N–H and O–H groups in total. The van der Waals surface area contributed by atoms with E-state index in [1.165, 1.54) is 12.1 Å². The molecule has 2 aromatic heterocycles. The predicted octanol–water partition coefficient (Wildman–Crippen LogP) is 5.88. The number of nitrogens with zero attached hydrogens (tertiary/aromatic N) is 5. The zero-order valence-electron chi connectivity index (χ0n) is 22.0. The first-order chi connectivity index (χ1) is 19.9. The maximum atomic E-state index is 16.8. The standard InChI is InChI=1S/C29H25ClF2N6O2S/c30-21-19(15-3-4-17(31)25-18(15)16(11-33)26(34)41-25)22(32)23-20-24(21)39-12-14-5-10-38(14)27(20)36-28(35-23)40-13-29-6-1-8-37(29)9-2-7-29/h3-4,14H,1-2,5-10,12-13,34H2. The summed E-state index contributed by atoms with van der Waals surface area (Å²) >= 11 is 7.88. The molecule has 4 aromatic rings. The van der Waals surface area contributed by atoms with Crippen LogP contribution in [0.1, 0.15) is 37.7 Å². The van der Waals surface area contributed by atoms with E-state index in [0.717, 1.165) is 63.1 Å². The lowest BCUT2D eigenvalue weighted by atomic mass is 9.95. The van der Waals surface area contributed by atoms with Crippen molar-refractivity contribution in [3.63, 3.8) is 0 Å². The quantitative estimate of drug-likeness (QED) is 0.313. The van der Waals surface area contributed by atoms with Crippen LogP contribution < -0.4 is 20.1 Å². The lowest BCUT2D eigenvalue weighted by Gasteiger charge is -2.40. The van der Waals surface area contributed by atoms with E-state index in [0.29, 0.717) is 24.4 Å². The average Bonchev–Trinajstić information content (AvgIpc) is 3.60. The molecule has 3 saturated heterocycles. The minimum atomic E-state index is -0.715. The minimum absolute atomic E-state index is 0.0123. The summed E-state index contributed by atoms with van der Waals surface area (Å²) in [5, 5.41) is 10.6. The van der Waals surface area contributed by atoms with Crippen molar-refractivity contribution in [2.24, 2.45) is 0 Å². The zero-order valence-corrected chi connectivity index (χ0v) is 23.5. The number of ether oxygens (including phenoxy) is 2. The Morgan fingerprint density at radius 2 is 2.00 bits per heavy atom. The van der Waals surface area contributed by atoms with E-state index in [9.17, 15) is 9.65 Å². The van der Waals surface area contributed by atoms with Crippen molar-refractivity contribution in [2.45, 2.75) is 43.7 Å². The van der Waals surface area contributed by atoms with Gasteiger partial charge in [-0.3, -0.25) is 4.90 Å². The zero-order chi connectivity index (χ0) is 28.0. The van der Waals surface area contributed by atoms with Crippen LogP contribution in [0.25, 0.3) is 32.1 Å². The monoisotopic (exact) mass is 594 g/mol. The van der Waals surface area contributed by atoms with Gasteiger partial charge < -0.3 is 20.1 Å². The molecule has 12 heteroatoms. The van der Waals surface area contributed by atoms with E-state index in [-0.39, 0.29) is 65.7 Å². The summed E-state index contributed by atoms with van der Waals surface area (Å²) in [6, 6.07) is 4.87. The molecule has 210 valence electrons. The summed E-state index contributed by atoms with van der Waals surface area (Å²) < 4.78 is 44.3. The number of rotatable bonds is 4. The summed E-state index contributed by atoms with van der Waals surface area (Å²) in [5.41, 5.74) is 6.35. The fourth-order valence-electron chi connectivity index (χ4n) is 7.12. The Morgan fingerprint density at radius 3 is 2.73 bits per heavy atom. The second-order valence-corrected chi connectivity index (χ2v) is 12.7. The van der Waals surface area contributed by atoms with Crippen molar-refractivity contribution in [2.75, 3.05) is 43.5 Å². The second-order valence-electron chi connectivity index (χ2n) is 11.3. The van der Waals surface area contributed by atoms with E-state index in [1.807, 2.05) is 6.07 Å². The van der Waals surface area contributed by atoms with Gasteiger partial charge in [-0.2, -0.15) is 15.2 Å². The van der Waals surface area contributed by atoms with Crippen LogP contribution >= 0.6 is 22.9 Å². The molecule has 3 fully saturated rings. The number of thiophene rings is 1. The molecule has 0 aliphatic carbocycles. The number of benzene rings is 2. The average molecular weight is 595 g/mol. The second kappa shape index (κ2) is 9.02. The van der Waals surface area contributed by atoms with Gasteiger partial charge in [0.2, 0.25) is 0 Å².